The summed E-state index contributed by atoms with van der Waals surface area (Å²) in [6.45, 7) is 0.193. The lowest BCUT2D eigenvalue weighted by atomic mass is 10.0. The highest BCUT2D eigenvalue weighted by molar-refractivity contribution is 5.71. The highest BCUT2D eigenvalue weighted by Crippen LogP contribution is 2.34. The molecule has 0 fully saturated rings. The molecule has 0 radical (unpaired) electrons. The van der Waals surface area contributed by atoms with Crippen molar-refractivity contribution in [2.75, 3.05) is 0 Å². The molecule has 0 aliphatic carbocycles. The third kappa shape index (κ3) is 4.25. The van der Waals surface area contributed by atoms with E-state index in [-0.39, 0.29) is 17.9 Å². The first kappa shape index (κ1) is 15.9. The van der Waals surface area contributed by atoms with Crippen LogP contribution in [-0.2, 0) is 24.0 Å². The number of benzene rings is 2. The van der Waals surface area contributed by atoms with Crippen molar-refractivity contribution in [2.24, 2.45) is 0 Å². The van der Waals surface area contributed by atoms with E-state index in [1.807, 2.05) is 30.3 Å². The lowest BCUT2D eigenvalue weighted by Gasteiger charge is -2.14. The Morgan fingerprint density at radius 3 is 2.36 bits per heavy atom. The lowest BCUT2D eigenvalue weighted by Crippen LogP contribution is -2.12. The lowest BCUT2D eigenvalue weighted by molar-refractivity contribution is -0.139. The molecule has 0 saturated carbocycles. The Kier molecular flexibility index (Phi) is 4.70. The molecule has 0 atom stereocenters. The number of aliphatic carboxylic acids is 1. The van der Waals surface area contributed by atoms with Crippen LogP contribution in [0.2, 0.25) is 0 Å². The van der Waals surface area contributed by atoms with Gasteiger partial charge in [0, 0.05) is 0 Å². The zero-order valence-corrected chi connectivity index (χ0v) is 11.4. The van der Waals surface area contributed by atoms with E-state index in [1.54, 1.807) is 0 Å². The molecule has 2 aromatic carbocycles. The van der Waals surface area contributed by atoms with Crippen LogP contribution in [0.25, 0.3) is 0 Å². The maximum atomic E-state index is 12.8. The number of carbonyl (C=O) groups is 1. The average molecular weight is 310 g/mol. The van der Waals surface area contributed by atoms with Gasteiger partial charge in [0.25, 0.3) is 0 Å². The Morgan fingerprint density at radius 1 is 1.09 bits per heavy atom. The van der Waals surface area contributed by atoms with Crippen LogP contribution in [0.5, 0.6) is 5.75 Å². The Morgan fingerprint density at radius 2 is 1.77 bits per heavy atom. The first-order chi connectivity index (χ1) is 10.4. The van der Waals surface area contributed by atoms with Crippen molar-refractivity contribution >= 4 is 5.97 Å². The molecule has 3 nitrogen and oxygen atoms in total. The van der Waals surface area contributed by atoms with Crippen LogP contribution in [0.3, 0.4) is 0 Å². The van der Waals surface area contributed by atoms with E-state index in [0.29, 0.717) is 0 Å². The normalized spacial score (nSPS) is 11.2. The van der Waals surface area contributed by atoms with Gasteiger partial charge in [-0.15, -0.1) is 0 Å². The topological polar surface area (TPSA) is 46.5 Å². The summed E-state index contributed by atoms with van der Waals surface area (Å²) >= 11 is 0. The summed E-state index contributed by atoms with van der Waals surface area (Å²) in [6, 6.07) is 12.3. The molecule has 1 N–H and O–H groups in total. The van der Waals surface area contributed by atoms with Crippen LogP contribution in [0.1, 0.15) is 16.7 Å². The summed E-state index contributed by atoms with van der Waals surface area (Å²) in [7, 11) is 0. The first-order valence-electron chi connectivity index (χ1n) is 6.45. The molecule has 0 aromatic heterocycles. The molecule has 116 valence electrons. The molecule has 0 heterocycles. The number of hydrogen-bond donors (Lipinski definition) is 1. The van der Waals surface area contributed by atoms with Crippen molar-refractivity contribution in [1.82, 2.24) is 0 Å². The minimum atomic E-state index is -4.59. The van der Waals surface area contributed by atoms with Crippen LogP contribution in [0.15, 0.2) is 48.5 Å². The third-order valence-electron chi connectivity index (χ3n) is 2.97. The van der Waals surface area contributed by atoms with Gasteiger partial charge in [0.05, 0.1) is 12.0 Å². The van der Waals surface area contributed by atoms with Gasteiger partial charge in [-0.05, 0) is 29.3 Å². The fourth-order valence-electron chi connectivity index (χ4n) is 1.99. The Bertz CT molecular complexity index is 651. The van der Waals surface area contributed by atoms with E-state index in [9.17, 15) is 18.0 Å². The van der Waals surface area contributed by atoms with E-state index in [1.165, 1.54) is 6.07 Å². The van der Waals surface area contributed by atoms with Crippen molar-refractivity contribution in [3.8, 4) is 5.75 Å². The highest BCUT2D eigenvalue weighted by atomic mass is 19.4. The summed E-state index contributed by atoms with van der Waals surface area (Å²) in [6.07, 6.45) is -5.31. The van der Waals surface area contributed by atoms with Gasteiger partial charge in [0.15, 0.2) is 0 Å². The first-order valence-corrected chi connectivity index (χ1v) is 6.45. The summed E-state index contributed by atoms with van der Waals surface area (Å²) in [5.41, 5.74) is -0.408. The monoisotopic (exact) mass is 310 g/mol. The number of rotatable bonds is 5. The van der Waals surface area contributed by atoms with E-state index in [2.05, 4.69) is 0 Å². The van der Waals surface area contributed by atoms with E-state index in [4.69, 9.17) is 9.84 Å². The van der Waals surface area contributed by atoms with Crippen molar-refractivity contribution in [3.05, 3.63) is 65.2 Å². The van der Waals surface area contributed by atoms with Gasteiger partial charge in [0.1, 0.15) is 12.4 Å². The maximum absolute atomic E-state index is 12.8. The van der Waals surface area contributed by atoms with Crippen LogP contribution in [0.4, 0.5) is 13.2 Å². The number of alkyl halides is 3. The number of carboxylic acids is 1. The van der Waals surface area contributed by atoms with Crippen molar-refractivity contribution in [2.45, 2.75) is 19.2 Å². The SMILES string of the molecule is O=C(O)Cc1cc(OCc2ccccc2)ccc1C(F)(F)F. The minimum absolute atomic E-state index is 0.193. The summed E-state index contributed by atoms with van der Waals surface area (Å²) in [5.74, 6) is -1.13. The second kappa shape index (κ2) is 6.51. The van der Waals surface area contributed by atoms with Crippen LogP contribution in [0, 0.1) is 0 Å². The van der Waals surface area contributed by atoms with Gasteiger partial charge in [0.2, 0.25) is 0 Å². The van der Waals surface area contributed by atoms with Crippen LogP contribution in [-0.4, -0.2) is 11.1 Å². The Balaban J connectivity index is 2.21. The van der Waals surface area contributed by atoms with E-state index in [0.717, 1.165) is 17.7 Å². The van der Waals surface area contributed by atoms with Crippen molar-refractivity contribution in [1.29, 1.82) is 0 Å². The van der Waals surface area contributed by atoms with Gasteiger partial charge >= 0.3 is 12.1 Å². The summed E-state index contributed by atoms with van der Waals surface area (Å²) in [5, 5.41) is 8.75. The molecule has 0 spiro atoms. The summed E-state index contributed by atoms with van der Waals surface area (Å²) in [4.78, 5) is 10.7. The largest absolute Gasteiger partial charge is 0.489 e. The molecular formula is C16H13F3O3. The predicted octanol–water partition coefficient (Wildman–Crippen LogP) is 3.91. The predicted molar refractivity (Wildman–Crippen MR) is 73.6 cm³/mol. The second-order valence-electron chi connectivity index (χ2n) is 4.66. The van der Waals surface area contributed by atoms with Gasteiger partial charge < -0.3 is 9.84 Å². The average Bonchev–Trinajstić information content (AvgIpc) is 2.44. The van der Waals surface area contributed by atoms with Crippen LogP contribution >= 0.6 is 0 Å². The van der Waals surface area contributed by atoms with E-state index < -0.39 is 24.1 Å². The highest BCUT2D eigenvalue weighted by Gasteiger charge is 2.33. The number of halogens is 3. The Hall–Kier alpha value is -2.50. The van der Waals surface area contributed by atoms with Crippen molar-refractivity contribution < 1.29 is 27.8 Å². The molecule has 0 unspecified atom stereocenters. The Labute approximate surface area is 125 Å². The minimum Gasteiger partial charge on any atom is -0.489 e. The van der Waals surface area contributed by atoms with Crippen molar-refractivity contribution in [3.63, 3.8) is 0 Å². The standard InChI is InChI=1S/C16H13F3O3/c17-16(18,19)14-7-6-13(8-12(14)9-15(20)21)22-10-11-4-2-1-3-5-11/h1-8H,9-10H2,(H,20,21). The fourth-order valence-corrected chi connectivity index (χ4v) is 1.99. The van der Waals surface area contributed by atoms with Gasteiger partial charge in [-0.1, -0.05) is 30.3 Å². The molecule has 6 heteroatoms. The molecule has 0 amide bonds. The molecule has 2 rings (SSSR count). The fraction of sp³-hybridized carbons (Fsp3) is 0.188. The number of hydrogen-bond acceptors (Lipinski definition) is 2. The molecular weight excluding hydrogens is 297 g/mol. The smallest absolute Gasteiger partial charge is 0.416 e. The zero-order valence-electron chi connectivity index (χ0n) is 11.4. The van der Waals surface area contributed by atoms with Gasteiger partial charge in [-0.25, -0.2) is 0 Å². The number of ether oxygens (including phenoxy) is 1. The van der Waals surface area contributed by atoms with Gasteiger partial charge in [-0.3, -0.25) is 4.79 Å². The molecule has 0 saturated heterocycles. The molecule has 0 aliphatic rings. The van der Waals surface area contributed by atoms with E-state index >= 15 is 0 Å². The molecule has 22 heavy (non-hydrogen) atoms. The molecule has 0 aliphatic heterocycles. The second-order valence-corrected chi connectivity index (χ2v) is 4.66. The zero-order chi connectivity index (χ0) is 16.2. The van der Waals surface area contributed by atoms with Gasteiger partial charge in [-0.2, -0.15) is 13.2 Å². The quantitative estimate of drug-likeness (QED) is 0.910. The molecule has 2 aromatic rings. The summed E-state index contributed by atoms with van der Waals surface area (Å²) < 4.78 is 44.0. The van der Waals surface area contributed by atoms with Crippen LogP contribution < -0.4 is 4.74 Å². The third-order valence-corrected chi connectivity index (χ3v) is 2.97. The maximum Gasteiger partial charge on any atom is 0.416 e. The molecule has 0 bridgehead atoms. The number of carboxylic acid groups (broad SMARTS) is 1.